The average Bonchev–Trinajstić information content (AvgIpc) is 1.74. The van der Waals surface area contributed by atoms with Gasteiger partial charge in [-0.2, -0.15) is 0 Å². The van der Waals surface area contributed by atoms with E-state index in [1.165, 1.54) is 0 Å². The van der Waals surface area contributed by atoms with Gasteiger partial charge in [0.25, 0.3) is 0 Å². The van der Waals surface area contributed by atoms with Crippen LogP contribution in [-0.2, 0) is 4.74 Å². The SMILES string of the molecule is CC(C)(C)OC(=O)NC1C=NC1. The second-order valence-electron chi connectivity index (χ2n) is 3.77. The molecular weight excluding hydrogens is 156 g/mol. The molecule has 0 bridgehead atoms. The van der Waals surface area contributed by atoms with E-state index >= 15 is 0 Å². The summed E-state index contributed by atoms with van der Waals surface area (Å²) in [7, 11) is 0. The molecule has 0 aromatic rings. The molecule has 4 heteroatoms. The molecule has 0 saturated carbocycles. The standard InChI is InChI=1S/C8H14N2O2/c1-8(2,3)12-7(11)10-6-4-9-5-6/h4,6H,5H2,1-3H3,(H,10,11). The molecule has 68 valence electrons. The molecule has 0 saturated heterocycles. The number of carbonyl (C=O) groups excluding carboxylic acids is 1. The Labute approximate surface area is 72.0 Å². The largest absolute Gasteiger partial charge is 0.444 e. The topological polar surface area (TPSA) is 50.7 Å². The first-order valence-corrected chi connectivity index (χ1v) is 3.97. The van der Waals surface area contributed by atoms with Gasteiger partial charge in [0.15, 0.2) is 0 Å². The van der Waals surface area contributed by atoms with E-state index in [1.807, 2.05) is 20.8 Å². The Hall–Kier alpha value is -1.06. The van der Waals surface area contributed by atoms with Crippen LogP contribution in [0.15, 0.2) is 4.99 Å². The van der Waals surface area contributed by atoms with Gasteiger partial charge in [0.2, 0.25) is 0 Å². The summed E-state index contributed by atoms with van der Waals surface area (Å²) in [4.78, 5) is 14.9. The van der Waals surface area contributed by atoms with Gasteiger partial charge in [0, 0.05) is 6.21 Å². The first-order valence-electron chi connectivity index (χ1n) is 3.97. The van der Waals surface area contributed by atoms with Crippen LogP contribution < -0.4 is 5.32 Å². The van der Waals surface area contributed by atoms with E-state index in [-0.39, 0.29) is 12.1 Å². The van der Waals surface area contributed by atoms with E-state index < -0.39 is 5.60 Å². The summed E-state index contributed by atoms with van der Waals surface area (Å²) in [6.07, 6.45) is 1.32. The summed E-state index contributed by atoms with van der Waals surface area (Å²) < 4.78 is 5.03. The van der Waals surface area contributed by atoms with Crippen molar-refractivity contribution < 1.29 is 9.53 Å². The molecule has 0 spiro atoms. The lowest BCUT2D eigenvalue weighted by Gasteiger charge is -2.23. The van der Waals surface area contributed by atoms with Gasteiger partial charge < -0.3 is 10.1 Å². The molecule has 12 heavy (non-hydrogen) atoms. The lowest BCUT2D eigenvalue weighted by molar-refractivity contribution is 0.0518. The van der Waals surface area contributed by atoms with Crippen molar-refractivity contribution in [3.8, 4) is 0 Å². The number of alkyl carbamates (subject to hydrolysis) is 1. The van der Waals surface area contributed by atoms with E-state index in [0.717, 1.165) is 0 Å². The zero-order valence-electron chi connectivity index (χ0n) is 7.63. The van der Waals surface area contributed by atoms with Crippen molar-refractivity contribution in [3.63, 3.8) is 0 Å². The molecule has 1 amide bonds. The monoisotopic (exact) mass is 170 g/mol. The molecule has 0 aliphatic carbocycles. The number of carbonyl (C=O) groups is 1. The number of ether oxygens (including phenoxy) is 1. The minimum absolute atomic E-state index is 0.0693. The van der Waals surface area contributed by atoms with Crippen molar-refractivity contribution in [2.24, 2.45) is 4.99 Å². The van der Waals surface area contributed by atoms with Crippen molar-refractivity contribution >= 4 is 12.3 Å². The number of hydrogen-bond acceptors (Lipinski definition) is 3. The van der Waals surface area contributed by atoms with E-state index in [1.54, 1.807) is 6.21 Å². The van der Waals surface area contributed by atoms with Gasteiger partial charge in [0.05, 0.1) is 12.6 Å². The third-order valence-electron chi connectivity index (χ3n) is 1.29. The molecule has 0 aromatic heterocycles. The Morgan fingerprint density at radius 2 is 2.25 bits per heavy atom. The Kier molecular flexibility index (Phi) is 2.35. The average molecular weight is 170 g/mol. The van der Waals surface area contributed by atoms with E-state index in [9.17, 15) is 4.79 Å². The minimum Gasteiger partial charge on any atom is -0.444 e. The van der Waals surface area contributed by atoms with Crippen molar-refractivity contribution in [1.82, 2.24) is 5.32 Å². The summed E-state index contributed by atoms with van der Waals surface area (Å²) >= 11 is 0. The minimum atomic E-state index is -0.426. The summed E-state index contributed by atoms with van der Waals surface area (Å²) in [6.45, 7) is 6.17. The number of nitrogens with one attached hydrogen (secondary N) is 1. The number of hydrogen-bond donors (Lipinski definition) is 1. The fourth-order valence-electron chi connectivity index (χ4n) is 0.753. The third-order valence-corrected chi connectivity index (χ3v) is 1.29. The maximum absolute atomic E-state index is 11.1. The van der Waals surface area contributed by atoms with Gasteiger partial charge in [-0.15, -0.1) is 0 Å². The van der Waals surface area contributed by atoms with Gasteiger partial charge in [-0.05, 0) is 20.8 Å². The molecule has 0 fully saturated rings. The Morgan fingerprint density at radius 1 is 1.67 bits per heavy atom. The molecular formula is C8H14N2O2. The molecule has 1 unspecified atom stereocenters. The van der Waals surface area contributed by atoms with Gasteiger partial charge >= 0.3 is 6.09 Å². The third kappa shape index (κ3) is 2.90. The van der Waals surface area contributed by atoms with Crippen LogP contribution in [0.25, 0.3) is 0 Å². The second kappa shape index (κ2) is 3.13. The highest BCUT2D eigenvalue weighted by atomic mass is 16.6. The number of rotatable bonds is 1. The van der Waals surface area contributed by atoms with Crippen LogP contribution in [0.1, 0.15) is 20.8 Å². The summed E-state index contributed by atoms with van der Waals surface area (Å²) in [5, 5.41) is 2.66. The van der Waals surface area contributed by atoms with Crippen LogP contribution in [-0.4, -0.2) is 30.5 Å². The van der Waals surface area contributed by atoms with Gasteiger partial charge in [-0.1, -0.05) is 0 Å². The zero-order chi connectivity index (χ0) is 9.19. The van der Waals surface area contributed by atoms with Gasteiger partial charge in [0.1, 0.15) is 5.60 Å². The zero-order valence-corrected chi connectivity index (χ0v) is 7.63. The molecule has 0 aromatic carbocycles. The first kappa shape index (κ1) is 9.03. The van der Waals surface area contributed by atoms with Crippen molar-refractivity contribution in [2.75, 3.05) is 6.54 Å². The van der Waals surface area contributed by atoms with Gasteiger partial charge in [-0.3, -0.25) is 4.99 Å². The summed E-state index contributed by atoms with van der Waals surface area (Å²) in [5.74, 6) is 0. The van der Waals surface area contributed by atoms with Crippen molar-refractivity contribution in [3.05, 3.63) is 0 Å². The highest BCUT2D eigenvalue weighted by Crippen LogP contribution is 2.07. The molecule has 0 radical (unpaired) electrons. The van der Waals surface area contributed by atoms with Crippen molar-refractivity contribution in [2.45, 2.75) is 32.4 Å². The predicted molar refractivity (Wildman–Crippen MR) is 46.5 cm³/mol. The van der Waals surface area contributed by atoms with Gasteiger partial charge in [-0.25, -0.2) is 4.79 Å². The van der Waals surface area contributed by atoms with Crippen LogP contribution in [0.2, 0.25) is 0 Å². The first-order chi connectivity index (χ1) is 5.47. The van der Waals surface area contributed by atoms with Crippen molar-refractivity contribution in [1.29, 1.82) is 0 Å². The maximum Gasteiger partial charge on any atom is 0.408 e. The summed E-state index contributed by atoms with van der Waals surface area (Å²) in [6, 6.07) is 0.0693. The number of aliphatic imine (C=N–C) groups is 1. The van der Waals surface area contributed by atoms with Crippen LogP contribution in [0.4, 0.5) is 4.79 Å². The highest BCUT2D eigenvalue weighted by Gasteiger charge is 2.20. The van der Waals surface area contributed by atoms with Crippen LogP contribution >= 0.6 is 0 Å². The smallest absolute Gasteiger partial charge is 0.408 e. The van der Waals surface area contributed by atoms with Crippen LogP contribution in [0.5, 0.6) is 0 Å². The highest BCUT2D eigenvalue weighted by molar-refractivity contribution is 5.78. The predicted octanol–water partition coefficient (Wildman–Crippen LogP) is 0.964. The van der Waals surface area contributed by atoms with Crippen LogP contribution in [0, 0.1) is 0 Å². The maximum atomic E-state index is 11.1. The Balaban J connectivity index is 2.24. The Morgan fingerprint density at radius 3 is 2.58 bits per heavy atom. The second-order valence-corrected chi connectivity index (χ2v) is 3.77. The molecule has 4 nitrogen and oxygen atoms in total. The number of amides is 1. The number of nitrogens with zero attached hydrogens (tertiary/aromatic N) is 1. The molecule has 1 aliphatic rings. The fourth-order valence-corrected chi connectivity index (χ4v) is 0.753. The fraction of sp³-hybridized carbons (Fsp3) is 0.750. The molecule has 1 N–H and O–H groups in total. The Bertz CT molecular complexity index is 206. The molecule has 1 atom stereocenters. The summed E-state index contributed by atoms with van der Waals surface area (Å²) in [5.41, 5.74) is -0.426. The van der Waals surface area contributed by atoms with E-state index in [4.69, 9.17) is 4.74 Å². The molecule has 1 aliphatic heterocycles. The van der Waals surface area contributed by atoms with E-state index in [2.05, 4.69) is 10.3 Å². The van der Waals surface area contributed by atoms with E-state index in [0.29, 0.717) is 6.54 Å². The lowest BCUT2D eigenvalue weighted by atomic mass is 10.2. The molecule has 1 rings (SSSR count). The molecule has 1 heterocycles. The van der Waals surface area contributed by atoms with Crippen LogP contribution in [0.3, 0.4) is 0 Å². The lowest BCUT2D eigenvalue weighted by Crippen LogP contribution is -2.44. The normalized spacial score (nSPS) is 21.4. The quantitative estimate of drug-likeness (QED) is 0.637.